The molecule has 1 aromatic rings. The van der Waals surface area contributed by atoms with E-state index in [1.165, 1.54) is 4.90 Å². The lowest BCUT2D eigenvalue weighted by Crippen LogP contribution is -2.54. The molecule has 242 valence electrons. The van der Waals surface area contributed by atoms with Gasteiger partial charge in [-0.05, 0) is 75.2 Å². The van der Waals surface area contributed by atoms with Crippen molar-refractivity contribution in [2.45, 2.75) is 122 Å². The van der Waals surface area contributed by atoms with Crippen molar-refractivity contribution >= 4 is 28.6 Å². The molecule has 0 radical (unpaired) electrons. The summed E-state index contributed by atoms with van der Waals surface area (Å²) < 4.78 is 43.3. The van der Waals surface area contributed by atoms with E-state index in [2.05, 4.69) is 53.5 Å². The molecule has 43 heavy (non-hydrogen) atoms. The van der Waals surface area contributed by atoms with Crippen LogP contribution in [0.15, 0.2) is 18.2 Å². The minimum atomic E-state index is -2.32. The van der Waals surface area contributed by atoms with E-state index in [1.54, 1.807) is 12.1 Å². The summed E-state index contributed by atoms with van der Waals surface area (Å²) in [6.45, 7) is 25.4. The lowest BCUT2D eigenvalue weighted by Gasteiger charge is -2.40. The summed E-state index contributed by atoms with van der Waals surface area (Å²) in [5.41, 5.74) is 0.636. The quantitative estimate of drug-likeness (QED) is 0.275. The number of carbonyl (C=O) groups excluding carboxylic acids is 2. The van der Waals surface area contributed by atoms with Crippen LogP contribution in [-0.2, 0) is 27.9 Å². The lowest BCUT2D eigenvalue weighted by atomic mass is 9.86. The number of fused-ring (bicyclic) bond motifs is 1. The highest BCUT2D eigenvalue weighted by atomic mass is 28.4. The SMILES string of the molecule is CC(C)[C@@H]1COC(=O)N1C(=O)[C@@H](c1ccc2c(c1)OCO2)[C@@H](O[Si](C)(C)C)[C@@H]1OC(C)(C)O[C@H]1CO[Si](C)(C)C(C)(C)C. The molecule has 0 spiro atoms. The van der Waals surface area contributed by atoms with Crippen molar-refractivity contribution in [2.24, 2.45) is 5.92 Å². The van der Waals surface area contributed by atoms with Crippen molar-refractivity contribution in [2.75, 3.05) is 20.0 Å². The van der Waals surface area contributed by atoms with E-state index in [0.717, 1.165) is 0 Å². The van der Waals surface area contributed by atoms with Crippen LogP contribution in [0.25, 0.3) is 0 Å². The molecule has 0 aliphatic carbocycles. The van der Waals surface area contributed by atoms with Gasteiger partial charge in [-0.3, -0.25) is 4.79 Å². The molecule has 0 unspecified atom stereocenters. The molecule has 0 aromatic heterocycles. The van der Waals surface area contributed by atoms with Crippen molar-refractivity contribution in [1.82, 2.24) is 4.90 Å². The molecular formula is C31H51NO9Si2. The Balaban J connectivity index is 1.82. The number of hydrogen-bond acceptors (Lipinski definition) is 9. The Morgan fingerprint density at radius 1 is 1.05 bits per heavy atom. The van der Waals surface area contributed by atoms with Crippen molar-refractivity contribution in [3.63, 3.8) is 0 Å². The maximum atomic E-state index is 14.7. The fourth-order valence-electron chi connectivity index (χ4n) is 5.42. The van der Waals surface area contributed by atoms with E-state index >= 15 is 0 Å². The molecule has 4 rings (SSSR count). The number of imide groups is 1. The molecular weight excluding hydrogens is 587 g/mol. The van der Waals surface area contributed by atoms with Gasteiger partial charge in [0, 0.05) is 0 Å². The third-order valence-corrected chi connectivity index (χ3v) is 14.2. The predicted molar refractivity (Wildman–Crippen MR) is 167 cm³/mol. The van der Waals surface area contributed by atoms with Gasteiger partial charge in [0.15, 0.2) is 33.9 Å². The highest BCUT2D eigenvalue weighted by molar-refractivity contribution is 6.74. The Morgan fingerprint density at radius 2 is 1.70 bits per heavy atom. The first-order valence-corrected chi connectivity index (χ1v) is 21.6. The second-order valence-electron chi connectivity index (χ2n) is 15.1. The summed E-state index contributed by atoms with van der Waals surface area (Å²) in [6.07, 6.45) is -2.62. The van der Waals surface area contributed by atoms with E-state index in [0.29, 0.717) is 23.7 Å². The molecule has 5 atom stereocenters. The number of cyclic esters (lactones) is 1. The molecule has 2 saturated heterocycles. The predicted octanol–water partition coefficient (Wildman–Crippen LogP) is 6.26. The molecule has 0 N–H and O–H groups in total. The average molecular weight is 638 g/mol. The molecule has 2 fully saturated rings. The zero-order chi connectivity index (χ0) is 32.1. The molecule has 2 amide bonds. The smallest absolute Gasteiger partial charge is 0.417 e. The van der Waals surface area contributed by atoms with Crippen molar-refractivity contribution in [3.8, 4) is 11.5 Å². The van der Waals surface area contributed by atoms with Crippen LogP contribution >= 0.6 is 0 Å². The number of ether oxygens (including phenoxy) is 5. The van der Waals surface area contributed by atoms with Crippen LogP contribution in [0.1, 0.15) is 59.9 Å². The maximum Gasteiger partial charge on any atom is 0.417 e. The van der Waals surface area contributed by atoms with Crippen molar-refractivity contribution in [1.29, 1.82) is 0 Å². The standard InChI is InChI=1S/C31H51NO9Si2/c1-19(2)21-16-35-29(34)32(21)28(33)25(20-13-14-22-23(15-20)37-18-36-22)27(41-42(8,9)10)26-24(39-31(6,7)40-26)17-38-43(11,12)30(3,4)5/h13-15,19,21,24-27H,16-18H2,1-12H3/t21-,24-,25-,26+,27+/m0/s1. The second-order valence-corrected chi connectivity index (χ2v) is 24.4. The average Bonchev–Trinajstić information content (AvgIpc) is 3.56. The first-order chi connectivity index (χ1) is 19.7. The summed E-state index contributed by atoms with van der Waals surface area (Å²) >= 11 is 0. The molecule has 3 heterocycles. The van der Waals surface area contributed by atoms with Crippen molar-refractivity contribution < 1.29 is 42.1 Å². The fraction of sp³-hybridized carbons (Fsp3) is 0.742. The number of nitrogens with zero attached hydrogens (tertiary/aromatic N) is 1. The Morgan fingerprint density at radius 3 is 2.30 bits per heavy atom. The van der Waals surface area contributed by atoms with E-state index in [1.807, 2.05) is 33.8 Å². The van der Waals surface area contributed by atoms with E-state index in [4.69, 9.17) is 32.5 Å². The Hall–Kier alpha value is -1.97. The summed E-state index contributed by atoms with van der Waals surface area (Å²) in [7, 11) is -4.46. The van der Waals surface area contributed by atoms with Crippen LogP contribution in [0.2, 0.25) is 37.8 Å². The highest BCUT2D eigenvalue weighted by Crippen LogP contribution is 2.43. The van der Waals surface area contributed by atoms with Gasteiger partial charge in [-0.25, -0.2) is 9.69 Å². The molecule has 12 heteroatoms. The Kier molecular flexibility index (Phi) is 9.54. The number of benzene rings is 1. The molecule has 0 saturated carbocycles. The van der Waals surface area contributed by atoms with Gasteiger partial charge in [0.2, 0.25) is 12.7 Å². The maximum absolute atomic E-state index is 14.7. The van der Waals surface area contributed by atoms with E-state index in [-0.39, 0.29) is 24.4 Å². The van der Waals surface area contributed by atoms with E-state index < -0.39 is 64.7 Å². The number of carbonyl (C=O) groups is 2. The molecule has 0 bridgehead atoms. The summed E-state index contributed by atoms with van der Waals surface area (Å²) in [5, 5.41) is -0.00133. The summed E-state index contributed by atoms with van der Waals surface area (Å²) in [5.74, 6) is -1.14. The van der Waals surface area contributed by atoms with Gasteiger partial charge >= 0.3 is 6.09 Å². The number of amides is 2. The van der Waals surface area contributed by atoms with Gasteiger partial charge in [-0.15, -0.1) is 0 Å². The van der Waals surface area contributed by atoms with Crippen LogP contribution in [-0.4, -0.2) is 83.7 Å². The molecule has 1 aromatic carbocycles. The van der Waals surface area contributed by atoms with Gasteiger partial charge in [-0.1, -0.05) is 40.7 Å². The number of hydrogen-bond donors (Lipinski definition) is 0. The minimum Gasteiger partial charge on any atom is -0.454 e. The molecule has 3 aliphatic heterocycles. The van der Waals surface area contributed by atoms with Crippen LogP contribution in [0.3, 0.4) is 0 Å². The second kappa shape index (κ2) is 12.1. The molecule has 10 nitrogen and oxygen atoms in total. The van der Waals surface area contributed by atoms with Crippen LogP contribution in [0.4, 0.5) is 4.79 Å². The van der Waals surface area contributed by atoms with Gasteiger partial charge in [-0.2, -0.15) is 0 Å². The zero-order valence-corrected chi connectivity index (χ0v) is 29.9. The normalized spacial score (nSPS) is 25.3. The topological polar surface area (TPSA) is 102 Å². The Bertz CT molecular complexity index is 1190. The first-order valence-electron chi connectivity index (χ1n) is 15.3. The van der Waals surface area contributed by atoms with E-state index in [9.17, 15) is 9.59 Å². The first kappa shape index (κ1) is 33.9. The summed E-state index contributed by atoms with van der Waals surface area (Å²) in [6, 6.07) is 5.03. The van der Waals surface area contributed by atoms with Gasteiger partial charge < -0.3 is 32.5 Å². The Labute approximate surface area is 258 Å². The molecule has 3 aliphatic rings. The third-order valence-electron chi connectivity index (χ3n) is 8.71. The number of rotatable bonds is 10. The minimum absolute atomic E-state index is 0.0000951. The van der Waals surface area contributed by atoms with Gasteiger partial charge in [0.1, 0.15) is 18.8 Å². The third kappa shape index (κ3) is 7.47. The van der Waals surface area contributed by atoms with Gasteiger partial charge in [0.05, 0.1) is 24.7 Å². The largest absolute Gasteiger partial charge is 0.454 e. The highest BCUT2D eigenvalue weighted by Gasteiger charge is 2.54. The van der Waals surface area contributed by atoms with Crippen LogP contribution in [0.5, 0.6) is 11.5 Å². The summed E-state index contributed by atoms with van der Waals surface area (Å²) in [4.78, 5) is 29.1. The van der Waals surface area contributed by atoms with Crippen LogP contribution < -0.4 is 9.47 Å². The monoisotopic (exact) mass is 637 g/mol. The van der Waals surface area contributed by atoms with Crippen molar-refractivity contribution in [3.05, 3.63) is 23.8 Å². The zero-order valence-electron chi connectivity index (χ0n) is 27.9. The fourth-order valence-corrected chi connectivity index (χ4v) is 7.52. The lowest BCUT2D eigenvalue weighted by molar-refractivity contribution is -0.159. The van der Waals surface area contributed by atoms with Crippen LogP contribution in [0, 0.1) is 5.92 Å². The van der Waals surface area contributed by atoms with Gasteiger partial charge in [0.25, 0.3) is 0 Å².